The van der Waals surface area contributed by atoms with Gasteiger partial charge in [-0.3, -0.25) is 4.90 Å². The van der Waals surface area contributed by atoms with Gasteiger partial charge in [-0.25, -0.2) is 0 Å². The lowest BCUT2D eigenvalue weighted by Crippen LogP contribution is -2.26. The molecule has 0 saturated heterocycles. The van der Waals surface area contributed by atoms with Crippen molar-refractivity contribution >= 4 is 0 Å². The zero-order chi connectivity index (χ0) is 14.5. The van der Waals surface area contributed by atoms with E-state index in [1.54, 1.807) is 6.92 Å². The average Bonchev–Trinajstić information content (AvgIpc) is 2.26. The van der Waals surface area contributed by atoms with Gasteiger partial charge in [-0.1, -0.05) is 24.3 Å². The summed E-state index contributed by atoms with van der Waals surface area (Å²) in [7, 11) is 2.01. The highest BCUT2D eigenvalue weighted by Gasteiger charge is 2.12. The zero-order valence-electron chi connectivity index (χ0n) is 12.6. The molecule has 3 heteroatoms. The molecule has 1 aromatic carbocycles. The number of benzene rings is 1. The summed E-state index contributed by atoms with van der Waals surface area (Å²) in [5.41, 5.74) is 1.90. The molecule has 1 atom stereocenters. The predicted molar refractivity (Wildman–Crippen MR) is 79.1 cm³/mol. The maximum atomic E-state index is 9.71. The molecule has 1 aromatic rings. The largest absolute Gasteiger partial charge is 0.392 e. The number of hydrogen-bond acceptors (Lipinski definition) is 3. The van der Waals surface area contributed by atoms with E-state index in [2.05, 4.69) is 29.2 Å². The molecule has 0 radical (unpaired) electrons. The van der Waals surface area contributed by atoms with Crippen molar-refractivity contribution in [3.63, 3.8) is 0 Å². The first-order chi connectivity index (χ1) is 8.76. The quantitative estimate of drug-likeness (QED) is 0.794. The van der Waals surface area contributed by atoms with Gasteiger partial charge < -0.3 is 10.2 Å². The highest BCUT2D eigenvalue weighted by molar-refractivity contribution is 5.22. The van der Waals surface area contributed by atoms with Crippen LogP contribution in [0.25, 0.3) is 0 Å². The summed E-state index contributed by atoms with van der Waals surface area (Å²) in [6.07, 6.45) is 1.37. The van der Waals surface area contributed by atoms with Gasteiger partial charge in [0.25, 0.3) is 0 Å². The third-order valence-electron chi connectivity index (χ3n) is 3.08. The van der Waals surface area contributed by atoms with Gasteiger partial charge in [0.05, 0.1) is 11.7 Å². The third-order valence-corrected chi connectivity index (χ3v) is 3.08. The van der Waals surface area contributed by atoms with Crippen LogP contribution < -0.4 is 0 Å². The lowest BCUT2D eigenvalue weighted by molar-refractivity contribution is 0.0714. The number of aliphatic hydroxyl groups is 2. The highest BCUT2D eigenvalue weighted by atomic mass is 16.3. The van der Waals surface area contributed by atoms with Crippen LogP contribution in [0.5, 0.6) is 0 Å². The Kier molecular flexibility index (Phi) is 5.98. The summed E-state index contributed by atoms with van der Waals surface area (Å²) in [4.78, 5) is 2.11. The van der Waals surface area contributed by atoms with Crippen molar-refractivity contribution in [2.75, 3.05) is 13.6 Å². The molecule has 0 aliphatic rings. The molecule has 19 heavy (non-hydrogen) atoms. The van der Waals surface area contributed by atoms with Crippen LogP contribution in [-0.2, 0) is 13.0 Å². The Balaban J connectivity index is 2.47. The van der Waals surface area contributed by atoms with Crippen LogP contribution in [0.2, 0.25) is 0 Å². The second-order valence-electron chi connectivity index (χ2n) is 6.17. The fraction of sp³-hybridized carbons (Fsp3) is 0.625. The second-order valence-corrected chi connectivity index (χ2v) is 6.17. The van der Waals surface area contributed by atoms with Crippen molar-refractivity contribution < 1.29 is 10.2 Å². The molecule has 0 aromatic heterocycles. The summed E-state index contributed by atoms with van der Waals surface area (Å²) < 4.78 is 0. The van der Waals surface area contributed by atoms with E-state index in [1.807, 2.05) is 20.9 Å². The number of rotatable bonds is 7. The van der Waals surface area contributed by atoms with E-state index in [0.29, 0.717) is 6.54 Å². The Labute approximate surface area is 116 Å². The summed E-state index contributed by atoms with van der Waals surface area (Å²) in [6, 6.07) is 8.49. The van der Waals surface area contributed by atoms with Crippen LogP contribution in [0.15, 0.2) is 24.3 Å². The number of likely N-dealkylation sites (N-methyl/N-ethyl adjacent to an activating group) is 1. The summed E-state index contributed by atoms with van der Waals surface area (Å²) in [5, 5.41) is 19.0. The molecule has 0 fully saturated rings. The Morgan fingerprint density at radius 3 is 2.16 bits per heavy atom. The van der Waals surface area contributed by atoms with Crippen LogP contribution in [0.4, 0.5) is 0 Å². The van der Waals surface area contributed by atoms with E-state index in [4.69, 9.17) is 0 Å². The zero-order valence-corrected chi connectivity index (χ0v) is 12.6. The van der Waals surface area contributed by atoms with Gasteiger partial charge in [0.15, 0.2) is 0 Å². The molecule has 0 aliphatic heterocycles. The Morgan fingerprint density at radius 1 is 1.16 bits per heavy atom. The molecule has 108 valence electrons. The minimum absolute atomic E-state index is 0.295. The topological polar surface area (TPSA) is 43.7 Å². The molecule has 0 bridgehead atoms. The Morgan fingerprint density at radius 2 is 1.68 bits per heavy atom. The number of aryl methyl sites for hydroxylation is 1. The molecule has 0 heterocycles. The first-order valence-corrected chi connectivity index (χ1v) is 6.93. The summed E-state index contributed by atoms with van der Waals surface area (Å²) in [6.45, 7) is 7.01. The highest BCUT2D eigenvalue weighted by Crippen LogP contribution is 2.14. The average molecular weight is 265 g/mol. The molecular weight excluding hydrogens is 238 g/mol. The Bertz CT molecular complexity index is 365. The van der Waals surface area contributed by atoms with Gasteiger partial charge in [0.2, 0.25) is 0 Å². The van der Waals surface area contributed by atoms with Crippen molar-refractivity contribution in [1.29, 1.82) is 0 Å². The SMILES string of the molecule is C[C@H](O)CN(C)Cc1ccc(CCC(C)(C)O)cc1. The van der Waals surface area contributed by atoms with Gasteiger partial charge in [-0.15, -0.1) is 0 Å². The van der Waals surface area contributed by atoms with Gasteiger partial charge in [0, 0.05) is 13.1 Å². The predicted octanol–water partition coefficient (Wildman–Crippen LogP) is 2.20. The van der Waals surface area contributed by atoms with Gasteiger partial charge in [-0.2, -0.15) is 0 Å². The van der Waals surface area contributed by atoms with Crippen molar-refractivity contribution in [2.24, 2.45) is 0 Å². The van der Waals surface area contributed by atoms with Crippen molar-refractivity contribution in [2.45, 2.75) is 51.9 Å². The fourth-order valence-corrected chi connectivity index (χ4v) is 2.09. The smallest absolute Gasteiger partial charge is 0.0639 e. The van der Waals surface area contributed by atoms with Crippen LogP contribution in [0.1, 0.15) is 38.3 Å². The first kappa shape index (κ1) is 16.2. The molecule has 0 saturated carbocycles. The summed E-state index contributed by atoms with van der Waals surface area (Å²) in [5.74, 6) is 0. The third kappa shape index (κ3) is 7.31. The van der Waals surface area contributed by atoms with E-state index in [9.17, 15) is 10.2 Å². The van der Waals surface area contributed by atoms with Crippen LogP contribution in [0.3, 0.4) is 0 Å². The van der Waals surface area contributed by atoms with Gasteiger partial charge in [-0.05, 0) is 51.8 Å². The lowest BCUT2D eigenvalue weighted by atomic mass is 9.98. The minimum atomic E-state index is -0.601. The van der Waals surface area contributed by atoms with Crippen LogP contribution in [0, 0.1) is 0 Å². The molecule has 2 N–H and O–H groups in total. The van der Waals surface area contributed by atoms with Crippen molar-refractivity contribution in [1.82, 2.24) is 4.90 Å². The molecule has 0 unspecified atom stereocenters. The monoisotopic (exact) mass is 265 g/mol. The number of aliphatic hydroxyl groups excluding tert-OH is 1. The fourth-order valence-electron chi connectivity index (χ4n) is 2.09. The molecule has 0 amide bonds. The molecule has 1 rings (SSSR count). The van der Waals surface area contributed by atoms with Crippen molar-refractivity contribution in [3.05, 3.63) is 35.4 Å². The maximum absolute atomic E-state index is 9.71. The van der Waals surface area contributed by atoms with Crippen LogP contribution >= 0.6 is 0 Å². The maximum Gasteiger partial charge on any atom is 0.0639 e. The van der Waals surface area contributed by atoms with E-state index >= 15 is 0 Å². The molecular formula is C16H27NO2. The lowest BCUT2D eigenvalue weighted by Gasteiger charge is -2.19. The molecule has 0 spiro atoms. The number of nitrogens with zero attached hydrogens (tertiary/aromatic N) is 1. The molecule has 3 nitrogen and oxygen atoms in total. The normalized spacial score (nSPS) is 13.8. The minimum Gasteiger partial charge on any atom is -0.392 e. The summed E-state index contributed by atoms with van der Waals surface area (Å²) >= 11 is 0. The van der Waals surface area contributed by atoms with E-state index in [1.165, 1.54) is 11.1 Å². The first-order valence-electron chi connectivity index (χ1n) is 6.93. The van der Waals surface area contributed by atoms with Crippen molar-refractivity contribution in [3.8, 4) is 0 Å². The van der Waals surface area contributed by atoms with Crippen LogP contribution in [-0.4, -0.2) is 40.4 Å². The van der Waals surface area contributed by atoms with E-state index in [-0.39, 0.29) is 6.10 Å². The van der Waals surface area contributed by atoms with Gasteiger partial charge >= 0.3 is 0 Å². The standard InChI is InChI=1S/C16H27NO2/c1-13(18)11-17(4)12-15-7-5-14(6-8-15)9-10-16(2,3)19/h5-8,13,18-19H,9-12H2,1-4H3/t13-/m0/s1. The number of hydrogen-bond donors (Lipinski definition) is 2. The molecule has 0 aliphatic carbocycles. The van der Waals surface area contributed by atoms with E-state index < -0.39 is 5.60 Å². The van der Waals surface area contributed by atoms with Gasteiger partial charge in [0.1, 0.15) is 0 Å². The second kappa shape index (κ2) is 7.04. The van der Waals surface area contributed by atoms with E-state index in [0.717, 1.165) is 19.4 Å². The Hall–Kier alpha value is -0.900.